The molecule has 1 aromatic heterocycles. The maximum Gasteiger partial charge on any atom is 0.219 e. The maximum atomic E-state index is 8.25. The zero-order valence-corrected chi connectivity index (χ0v) is 12.0. The van der Waals surface area contributed by atoms with Crippen molar-refractivity contribution in [3.63, 3.8) is 0 Å². The van der Waals surface area contributed by atoms with E-state index >= 15 is 0 Å². The van der Waals surface area contributed by atoms with Gasteiger partial charge in [0.05, 0.1) is 32.1 Å². The average Bonchev–Trinajstić information content (AvgIpc) is 3.08. The van der Waals surface area contributed by atoms with Gasteiger partial charge in [-0.25, -0.2) is 0 Å². The van der Waals surface area contributed by atoms with E-state index < -0.39 is 0 Å². The van der Waals surface area contributed by atoms with Gasteiger partial charge >= 0.3 is 0 Å². The molecule has 1 aromatic rings. The predicted molar refractivity (Wildman–Crippen MR) is 79.8 cm³/mol. The third-order valence-corrected chi connectivity index (χ3v) is 3.67. The lowest BCUT2D eigenvalue weighted by atomic mass is 10.3. The van der Waals surface area contributed by atoms with Crippen molar-refractivity contribution in [2.45, 2.75) is 0 Å². The van der Waals surface area contributed by atoms with Crippen LogP contribution in [0.5, 0.6) is 0 Å². The lowest BCUT2D eigenvalue weighted by Gasteiger charge is -2.31. The van der Waals surface area contributed by atoms with Crippen LogP contribution in [0.1, 0.15) is 5.69 Å². The third kappa shape index (κ3) is 3.43. The Morgan fingerprint density at radius 1 is 1.05 bits per heavy atom. The summed E-state index contributed by atoms with van der Waals surface area (Å²) in [5.74, 6) is 1.12. The largest absolute Gasteiger partial charge is 0.378 e. The molecule has 2 aliphatic heterocycles. The van der Waals surface area contributed by atoms with Crippen molar-refractivity contribution in [2.75, 3.05) is 52.6 Å². The Kier molecular flexibility index (Phi) is 4.52. The Morgan fingerprint density at radius 2 is 1.67 bits per heavy atom. The molecule has 0 aliphatic carbocycles. The molecular weight excluding hydrogens is 270 g/mol. The number of nitrogens with one attached hydrogen (secondary N) is 2. The van der Waals surface area contributed by atoms with Crippen molar-refractivity contribution in [3.8, 4) is 0 Å². The van der Waals surface area contributed by atoms with E-state index in [0.717, 1.165) is 37.7 Å². The van der Waals surface area contributed by atoms with Gasteiger partial charge in [0.1, 0.15) is 0 Å². The fourth-order valence-corrected chi connectivity index (χ4v) is 2.49. The zero-order chi connectivity index (χ0) is 14.5. The molecule has 3 heterocycles. The SMILES string of the molecule is N=C(/N=C(\c1ccc[nH]1)N1CCOCC1)N1CCOCC1. The Morgan fingerprint density at radius 3 is 2.24 bits per heavy atom. The molecule has 7 nitrogen and oxygen atoms in total. The van der Waals surface area contributed by atoms with Crippen LogP contribution in [0.4, 0.5) is 0 Å². The van der Waals surface area contributed by atoms with Gasteiger partial charge < -0.3 is 24.3 Å². The van der Waals surface area contributed by atoms with Crippen molar-refractivity contribution >= 4 is 11.8 Å². The molecule has 0 bridgehead atoms. The number of H-pyrrole nitrogens is 1. The van der Waals surface area contributed by atoms with Gasteiger partial charge in [0.25, 0.3) is 0 Å². The number of morpholine rings is 2. The number of hydrogen-bond acceptors (Lipinski definition) is 3. The highest BCUT2D eigenvalue weighted by Crippen LogP contribution is 2.09. The number of nitrogens with zero attached hydrogens (tertiary/aromatic N) is 3. The first kappa shape index (κ1) is 14.1. The Bertz CT molecular complexity index is 487. The van der Waals surface area contributed by atoms with E-state index in [-0.39, 0.29) is 0 Å². The van der Waals surface area contributed by atoms with E-state index in [4.69, 9.17) is 14.9 Å². The lowest BCUT2D eigenvalue weighted by Crippen LogP contribution is -2.44. The molecule has 0 aromatic carbocycles. The van der Waals surface area contributed by atoms with Crippen LogP contribution in [0.25, 0.3) is 0 Å². The highest BCUT2D eigenvalue weighted by atomic mass is 16.5. The Hall–Kier alpha value is -1.86. The highest BCUT2D eigenvalue weighted by Gasteiger charge is 2.20. The third-order valence-electron chi connectivity index (χ3n) is 3.67. The summed E-state index contributed by atoms with van der Waals surface area (Å²) < 4.78 is 10.7. The van der Waals surface area contributed by atoms with E-state index in [0.29, 0.717) is 32.4 Å². The molecule has 0 unspecified atom stereocenters. The summed E-state index contributed by atoms with van der Waals surface area (Å²) in [5, 5.41) is 8.25. The van der Waals surface area contributed by atoms with Gasteiger partial charge in [-0.15, -0.1) is 0 Å². The van der Waals surface area contributed by atoms with Crippen molar-refractivity contribution in [1.29, 1.82) is 5.41 Å². The number of aromatic nitrogens is 1. The topological polar surface area (TPSA) is 76.9 Å². The number of hydrogen-bond donors (Lipinski definition) is 2. The second-order valence-corrected chi connectivity index (χ2v) is 5.04. The van der Waals surface area contributed by atoms with Crippen LogP contribution < -0.4 is 0 Å². The van der Waals surface area contributed by atoms with Crippen molar-refractivity contribution in [1.82, 2.24) is 14.8 Å². The molecule has 2 saturated heterocycles. The van der Waals surface area contributed by atoms with E-state index in [9.17, 15) is 0 Å². The minimum absolute atomic E-state index is 0.300. The predicted octanol–water partition coefficient (Wildman–Crippen LogP) is 0.360. The average molecular weight is 291 g/mol. The number of guanidine groups is 1. The van der Waals surface area contributed by atoms with Gasteiger partial charge in [-0.2, -0.15) is 4.99 Å². The van der Waals surface area contributed by atoms with Crippen LogP contribution in [-0.4, -0.2) is 79.2 Å². The zero-order valence-electron chi connectivity index (χ0n) is 12.0. The molecule has 2 aliphatic rings. The Balaban J connectivity index is 1.80. The second kappa shape index (κ2) is 6.73. The first-order chi connectivity index (χ1) is 10.3. The molecular formula is C14H21N5O2. The molecule has 21 heavy (non-hydrogen) atoms. The van der Waals surface area contributed by atoms with Gasteiger partial charge in [0.15, 0.2) is 5.84 Å². The van der Waals surface area contributed by atoms with Gasteiger partial charge in [0, 0.05) is 32.4 Å². The van der Waals surface area contributed by atoms with E-state index in [1.807, 2.05) is 23.2 Å². The van der Waals surface area contributed by atoms with Crippen molar-refractivity contribution < 1.29 is 9.47 Å². The maximum absolute atomic E-state index is 8.25. The Labute approximate surface area is 124 Å². The normalized spacial score (nSPS) is 20.7. The first-order valence-corrected chi connectivity index (χ1v) is 7.31. The second-order valence-electron chi connectivity index (χ2n) is 5.04. The first-order valence-electron chi connectivity index (χ1n) is 7.31. The molecule has 0 radical (unpaired) electrons. The van der Waals surface area contributed by atoms with Gasteiger partial charge in [-0.05, 0) is 12.1 Å². The number of aliphatic imine (C=N–C) groups is 1. The molecule has 0 saturated carbocycles. The molecule has 2 N–H and O–H groups in total. The summed E-state index contributed by atoms with van der Waals surface area (Å²) in [6.45, 7) is 5.77. The molecule has 2 fully saturated rings. The van der Waals surface area contributed by atoms with Crippen molar-refractivity contribution in [3.05, 3.63) is 24.0 Å². The molecule has 3 rings (SSSR count). The van der Waals surface area contributed by atoms with Gasteiger partial charge in [-0.1, -0.05) is 0 Å². The van der Waals surface area contributed by atoms with Gasteiger partial charge in [-0.3, -0.25) is 5.41 Å². The summed E-state index contributed by atoms with van der Waals surface area (Å²) in [5.41, 5.74) is 0.940. The van der Waals surface area contributed by atoms with E-state index in [1.54, 1.807) is 0 Å². The van der Waals surface area contributed by atoms with Crippen LogP contribution in [0.15, 0.2) is 23.3 Å². The number of amidine groups is 1. The summed E-state index contributed by atoms with van der Waals surface area (Å²) in [6.07, 6.45) is 1.88. The summed E-state index contributed by atoms with van der Waals surface area (Å²) >= 11 is 0. The van der Waals surface area contributed by atoms with Crippen LogP contribution >= 0.6 is 0 Å². The fraction of sp³-hybridized carbons (Fsp3) is 0.571. The van der Waals surface area contributed by atoms with Gasteiger partial charge in [0.2, 0.25) is 5.96 Å². The number of ether oxygens (including phenoxy) is 2. The van der Waals surface area contributed by atoms with Crippen LogP contribution in [0.2, 0.25) is 0 Å². The molecule has 114 valence electrons. The van der Waals surface area contributed by atoms with Crippen LogP contribution in [0, 0.1) is 5.41 Å². The monoisotopic (exact) mass is 291 g/mol. The summed E-state index contributed by atoms with van der Waals surface area (Å²) in [7, 11) is 0. The van der Waals surface area contributed by atoms with E-state index in [1.165, 1.54) is 0 Å². The minimum Gasteiger partial charge on any atom is -0.378 e. The minimum atomic E-state index is 0.300. The molecule has 7 heteroatoms. The lowest BCUT2D eigenvalue weighted by molar-refractivity contribution is 0.0659. The summed E-state index contributed by atoms with van der Waals surface area (Å²) in [6, 6.07) is 3.94. The molecule has 0 spiro atoms. The van der Waals surface area contributed by atoms with E-state index in [2.05, 4.69) is 14.9 Å². The van der Waals surface area contributed by atoms with Crippen LogP contribution in [-0.2, 0) is 9.47 Å². The summed E-state index contributed by atoms with van der Waals surface area (Å²) in [4.78, 5) is 11.9. The van der Waals surface area contributed by atoms with Crippen LogP contribution in [0.3, 0.4) is 0 Å². The number of rotatable bonds is 1. The quantitative estimate of drug-likeness (QED) is 0.578. The highest BCUT2D eigenvalue weighted by molar-refractivity contribution is 6.04. The number of aromatic amines is 1. The molecule has 0 atom stereocenters. The smallest absolute Gasteiger partial charge is 0.219 e. The molecule has 0 amide bonds. The standard InChI is InChI=1S/C14H21N5O2/c15-14(19-6-10-21-11-7-19)17-13(12-2-1-3-16-12)18-4-8-20-9-5-18/h1-3,15-16H,4-11H2/b15-14?,17-13+. The fourth-order valence-electron chi connectivity index (χ4n) is 2.49. The van der Waals surface area contributed by atoms with Crippen molar-refractivity contribution in [2.24, 2.45) is 4.99 Å².